The van der Waals surface area contributed by atoms with Gasteiger partial charge >= 0.3 is 0 Å². The summed E-state index contributed by atoms with van der Waals surface area (Å²) < 4.78 is 0. The summed E-state index contributed by atoms with van der Waals surface area (Å²) in [5, 5.41) is 12.5. The highest BCUT2D eigenvalue weighted by Crippen LogP contribution is 2.19. The minimum Gasteiger partial charge on any atom is -0.313 e. The lowest BCUT2D eigenvalue weighted by atomic mass is 9.91. The van der Waals surface area contributed by atoms with E-state index in [9.17, 15) is 0 Å². The largest absolute Gasteiger partial charge is 0.313 e. The molecule has 3 heteroatoms. The maximum absolute atomic E-state index is 8.98. The van der Waals surface area contributed by atoms with Gasteiger partial charge in [0.2, 0.25) is 0 Å². The first-order chi connectivity index (χ1) is 7.57. The van der Waals surface area contributed by atoms with E-state index in [1.807, 2.05) is 13.8 Å². The predicted molar refractivity (Wildman–Crippen MR) is 67.1 cm³/mol. The first-order valence-electron chi connectivity index (χ1n) is 6.44. The summed E-state index contributed by atoms with van der Waals surface area (Å²) in [5.74, 6) is 0. The van der Waals surface area contributed by atoms with Gasteiger partial charge in [0.1, 0.15) is 0 Å². The summed E-state index contributed by atoms with van der Waals surface area (Å²) in [6, 6.07) is 3.04. The molecule has 0 amide bonds. The molecule has 1 rings (SSSR count). The molecule has 1 aliphatic rings. The SMILES string of the molecule is CCN(CCC(C)(C)C#N)CC1CCCN1. The summed E-state index contributed by atoms with van der Waals surface area (Å²) in [7, 11) is 0. The summed E-state index contributed by atoms with van der Waals surface area (Å²) in [5.41, 5.74) is -0.184. The number of hydrogen-bond acceptors (Lipinski definition) is 3. The average Bonchev–Trinajstić information content (AvgIpc) is 2.77. The van der Waals surface area contributed by atoms with E-state index in [4.69, 9.17) is 5.26 Å². The molecule has 1 atom stereocenters. The van der Waals surface area contributed by atoms with Gasteiger partial charge < -0.3 is 10.2 Å². The van der Waals surface area contributed by atoms with Gasteiger partial charge in [0.25, 0.3) is 0 Å². The van der Waals surface area contributed by atoms with Crippen LogP contribution in [0.3, 0.4) is 0 Å². The fourth-order valence-electron chi connectivity index (χ4n) is 2.10. The van der Waals surface area contributed by atoms with Gasteiger partial charge in [-0.3, -0.25) is 0 Å². The van der Waals surface area contributed by atoms with Crippen LogP contribution < -0.4 is 5.32 Å². The fourth-order valence-corrected chi connectivity index (χ4v) is 2.10. The molecule has 0 saturated carbocycles. The van der Waals surface area contributed by atoms with E-state index in [-0.39, 0.29) is 5.41 Å². The number of likely N-dealkylation sites (N-methyl/N-ethyl adjacent to an activating group) is 1. The van der Waals surface area contributed by atoms with Crippen LogP contribution in [0.4, 0.5) is 0 Å². The molecular formula is C13H25N3. The van der Waals surface area contributed by atoms with Gasteiger partial charge in [0.15, 0.2) is 0 Å². The van der Waals surface area contributed by atoms with Crippen molar-refractivity contribution in [3.05, 3.63) is 0 Å². The molecule has 0 aromatic heterocycles. The minimum absolute atomic E-state index is 0.184. The van der Waals surface area contributed by atoms with Crippen LogP contribution in [0.15, 0.2) is 0 Å². The van der Waals surface area contributed by atoms with Gasteiger partial charge in [-0.2, -0.15) is 5.26 Å². The molecule has 1 aliphatic heterocycles. The van der Waals surface area contributed by atoms with E-state index in [0.29, 0.717) is 6.04 Å². The van der Waals surface area contributed by atoms with Gasteiger partial charge in [-0.15, -0.1) is 0 Å². The zero-order valence-electron chi connectivity index (χ0n) is 10.9. The standard InChI is InChI=1S/C13H25N3/c1-4-16(9-7-13(2,3)11-14)10-12-6-5-8-15-12/h12,15H,4-10H2,1-3H3. The monoisotopic (exact) mass is 223 g/mol. The van der Waals surface area contributed by atoms with Gasteiger partial charge in [0, 0.05) is 12.6 Å². The lowest BCUT2D eigenvalue weighted by Crippen LogP contribution is -2.38. The summed E-state index contributed by atoms with van der Waals surface area (Å²) in [6.45, 7) is 10.7. The molecule has 3 nitrogen and oxygen atoms in total. The van der Waals surface area contributed by atoms with Crippen molar-refractivity contribution in [3.63, 3.8) is 0 Å². The third-order valence-electron chi connectivity index (χ3n) is 3.44. The van der Waals surface area contributed by atoms with Crippen LogP contribution in [-0.2, 0) is 0 Å². The first-order valence-corrected chi connectivity index (χ1v) is 6.44. The topological polar surface area (TPSA) is 39.1 Å². The molecule has 1 saturated heterocycles. The van der Waals surface area contributed by atoms with Crippen molar-refractivity contribution in [2.24, 2.45) is 5.41 Å². The molecule has 16 heavy (non-hydrogen) atoms. The van der Waals surface area contributed by atoms with Crippen LogP contribution in [0, 0.1) is 16.7 Å². The summed E-state index contributed by atoms with van der Waals surface area (Å²) in [4.78, 5) is 2.46. The molecular weight excluding hydrogens is 198 g/mol. The van der Waals surface area contributed by atoms with Crippen molar-refractivity contribution in [3.8, 4) is 6.07 Å². The lowest BCUT2D eigenvalue weighted by molar-refractivity contribution is 0.233. The maximum Gasteiger partial charge on any atom is 0.0684 e. The molecule has 0 aromatic rings. The Morgan fingerprint density at radius 2 is 2.25 bits per heavy atom. The smallest absolute Gasteiger partial charge is 0.0684 e. The molecule has 0 aliphatic carbocycles. The number of nitriles is 1. The van der Waals surface area contributed by atoms with Crippen molar-refractivity contribution < 1.29 is 0 Å². The zero-order valence-corrected chi connectivity index (χ0v) is 10.9. The Morgan fingerprint density at radius 3 is 2.75 bits per heavy atom. The van der Waals surface area contributed by atoms with E-state index in [2.05, 4.69) is 23.2 Å². The highest BCUT2D eigenvalue weighted by Gasteiger charge is 2.20. The second kappa shape index (κ2) is 6.22. The van der Waals surface area contributed by atoms with E-state index >= 15 is 0 Å². The van der Waals surface area contributed by atoms with Crippen molar-refractivity contribution in [1.82, 2.24) is 10.2 Å². The molecule has 1 unspecified atom stereocenters. The molecule has 1 fully saturated rings. The van der Waals surface area contributed by atoms with Crippen molar-refractivity contribution >= 4 is 0 Å². The number of nitrogens with one attached hydrogen (secondary N) is 1. The number of rotatable bonds is 6. The highest BCUT2D eigenvalue weighted by molar-refractivity contribution is 4.92. The normalized spacial score (nSPS) is 21.3. The third kappa shape index (κ3) is 4.51. The van der Waals surface area contributed by atoms with E-state index < -0.39 is 0 Å². The van der Waals surface area contributed by atoms with E-state index in [1.165, 1.54) is 19.4 Å². The third-order valence-corrected chi connectivity index (χ3v) is 3.44. The molecule has 0 spiro atoms. The zero-order chi connectivity index (χ0) is 12.0. The molecule has 1 N–H and O–H groups in total. The van der Waals surface area contributed by atoms with Crippen molar-refractivity contribution in [2.75, 3.05) is 26.2 Å². The van der Waals surface area contributed by atoms with Crippen LogP contribution in [0.2, 0.25) is 0 Å². The van der Waals surface area contributed by atoms with Crippen molar-refractivity contribution in [1.29, 1.82) is 5.26 Å². The molecule has 92 valence electrons. The Morgan fingerprint density at radius 1 is 1.50 bits per heavy atom. The quantitative estimate of drug-likeness (QED) is 0.748. The van der Waals surface area contributed by atoms with Crippen molar-refractivity contribution in [2.45, 2.75) is 46.1 Å². The summed E-state index contributed by atoms with van der Waals surface area (Å²) in [6.07, 6.45) is 3.58. The minimum atomic E-state index is -0.184. The molecule has 0 radical (unpaired) electrons. The van der Waals surface area contributed by atoms with Crippen LogP contribution in [-0.4, -0.2) is 37.1 Å². The van der Waals surface area contributed by atoms with E-state index in [1.54, 1.807) is 0 Å². The van der Waals surface area contributed by atoms with Crippen LogP contribution in [0.25, 0.3) is 0 Å². The Kier molecular flexibility index (Phi) is 5.24. The van der Waals surface area contributed by atoms with Gasteiger partial charge in [0.05, 0.1) is 11.5 Å². The van der Waals surface area contributed by atoms with Gasteiger partial charge in [-0.05, 0) is 52.7 Å². The highest BCUT2D eigenvalue weighted by atomic mass is 15.1. The Labute approximate surface area is 99.8 Å². The van der Waals surface area contributed by atoms with Gasteiger partial charge in [-0.25, -0.2) is 0 Å². The molecule has 0 bridgehead atoms. The fraction of sp³-hybridized carbons (Fsp3) is 0.923. The Hall–Kier alpha value is -0.590. The Balaban J connectivity index is 2.29. The summed E-state index contributed by atoms with van der Waals surface area (Å²) >= 11 is 0. The van der Waals surface area contributed by atoms with Gasteiger partial charge in [-0.1, -0.05) is 6.92 Å². The molecule has 1 heterocycles. The number of hydrogen-bond donors (Lipinski definition) is 1. The second-order valence-electron chi connectivity index (χ2n) is 5.43. The van der Waals surface area contributed by atoms with Crippen LogP contribution in [0.1, 0.15) is 40.0 Å². The van der Waals surface area contributed by atoms with Crippen LogP contribution >= 0.6 is 0 Å². The molecule has 0 aromatic carbocycles. The second-order valence-corrected chi connectivity index (χ2v) is 5.43. The van der Waals surface area contributed by atoms with Crippen LogP contribution in [0.5, 0.6) is 0 Å². The lowest BCUT2D eigenvalue weighted by Gasteiger charge is -2.26. The van der Waals surface area contributed by atoms with E-state index in [0.717, 1.165) is 26.1 Å². The Bertz CT molecular complexity index is 236. The predicted octanol–water partition coefficient (Wildman–Crippen LogP) is 2.00. The number of nitrogens with zero attached hydrogens (tertiary/aromatic N) is 2. The maximum atomic E-state index is 8.98. The first kappa shape index (κ1) is 13.5. The average molecular weight is 223 g/mol.